The zero-order chi connectivity index (χ0) is 13.3. The normalized spacial score (nSPS) is 10.3. The maximum Gasteiger partial charge on any atom is 0.0351 e. The zero-order valence-corrected chi connectivity index (χ0v) is 13.1. The van der Waals surface area contributed by atoms with E-state index in [2.05, 4.69) is 65.6 Å². The van der Waals surface area contributed by atoms with Gasteiger partial charge in [0.1, 0.15) is 0 Å². The van der Waals surface area contributed by atoms with Crippen LogP contribution >= 0.6 is 24.0 Å². The van der Waals surface area contributed by atoms with Gasteiger partial charge in [-0.3, -0.25) is 4.90 Å². The standard InChI is InChI=1S/C17H20ClN.ClH/c18-12-14-19(15-17-9-5-2-6-10-17)13-11-16-7-3-1-4-8-16;/h1-10H,11-15H2;1H. The van der Waals surface area contributed by atoms with Crippen LogP contribution in [0.4, 0.5) is 0 Å². The van der Waals surface area contributed by atoms with E-state index in [0.29, 0.717) is 5.88 Å². The minimum Gasteiger partial charge on any atom is -0.298 e. The van der Waals surface area contributed by atoms with Crippen molar-refractivity contribution in [3.05, 3.63) is 71.8 Å². The van der Waals surface area contributed by atoms with Crippen LogP contribution in [-0.2, 0) is 13.0 Å². The number of nitrogens with zero attached hydrogens (tertiary/aromatic N) is 1. The van der Waals surface area contributed by atoms with Gasteiger partial charge in [-0.25, -0.2) is 0 Å². The number of halogens is 2. The Morgan fingerprint density at radius 2 is 1.30 bits per heavy atom. The fraction of sp³-hybridized carbons (Fsp3) is 0.294. The van der Waals surface area contributed by atoms with Gasteiger partial charge in [0, 0.05) is 25.5 Å². The van der Waals surface area contributed by atoms with E-state index in [1.165, 1.54) is 11.1 Å². The molecule has 1 nitrogen and oxygen atoms in total. The SMILES string of the molecule is Cl.ClCCN(CCc1ccccc1)Cc1ccccc1. The fourth-order valence-electron chi connectivity index (χ4n) is 2.16. The van der Waals surface area contributed by atoms with Crippen LogP contribution in [0.3, 0.4) is 0 Å². The van der Waals surface area contributed by atoms with E-state index < -0.39 is 0 Å². The second-order valence-corrected chi connectivity index (χ2v) is 5.06. The van der Waals surface area contributed by atoms with E-state index >= 15 is 0 Å². The summed E-state index contributed by atoms with van der Waals surface area (Å²) in [4.78, 5) is 2.41. The largest absolute Gasteiger partial charge is 0.298 e. The molecule has 0 atom stereocenters. The van der Waals surface area contributed by atoms with Crippen LogP contribution in [0, 0.1) is 0 Å². The van der Waals surface area contributed by atoms with Crippen LogP contribution in [0.15, 0.2) is 60.7 Å². The average Bonchev–Trinajstić information content (AvgIpc) is 2.47. The lowest BCUT2D eigenvalue weighted by Crippen LogP contribution is -2.27. The maximum atomic E-state index is 5.90. The van der Waals surface area contributed by atoms with Gasteiger partial charge >= 0.3 is 0 Å². The van der Waals surface area contributed by atoms with Crippen LogP contribution in [-0.4, -0.2) is 23.9 Å². The molecule has 20 heavy (non-hydrogen) atoms. The highest BCUT2D eigenvalue weighted by molar-refractivity contribution is 6.18. The summed E-state index contributed by atoms with van der Waals surface area (Å²) in [6, 6.07) is 21.2. The van der Waals surface area contributed by atoms with Gasteiger partial charge in [0.2, 0.25) is 0 Å². The van der Waals surface area contributed by atoms with E-state index in [1.54, 1.807) is 0 Å². The van der Waals surface area contributed by atoms with Crippen LogP contribution in [0.2, 0.25) is 0 Å². The first-order valence-electron chi connectivity index (χ1n) is 6.74. The van der Waals surface area contributed by atoms with Gasteiger partial charge in [-0.2, -0.15) is 0 Å². The van der Waals surface area contributed by atoms with E-state index in [1.807, 2.05) is 0 Å². The number of hydrogen-bond acceptors (Lipinski definition) is 1. The van der Waals surface area contributed by atoms with E-state index in [9.17, 15) is 0 Å². The van der Waals surface area contributed by atoms with Gasteiger partial charge in [-0.1, -0.05) is 60.7 Å². The van der Waals surface area contributed by atoms with E-state index in [-0.39, 0.29) is 12.4 Å². The lowest BCUT2D eigenvalue weighted by atomic mass is 10.1. The molecule has 0 spiro atoms. The lowest BCUT2D eigenvalue weighted by Gasteiger charge is -2.21. The van der Waals surface area contributed by atoms with Crippen molar-refractivity contribution in [1.29, 1.82) is 0 Å². The van der Waals surface area contributed by atoms with Crippen molar-refractivity contribution in [2.45, 2.75) is 13.0 Å². The highest BCUT2D eigenvalue weighted by atomic mass is 35.5. The Morgan fingerprint density at radius 3 is 1.85 bits per heavy atom. The first-order valence-corrected chi connectivity index (χ1v) is 7.28. The topological polar surface area (TPSA) is 3.24 Å². The summed E-state index contributed by atoms with van der Waals surface area (Å²) < 4.78 is 0. The fourth-order valence-corrected chi connectivity index (χ4v) is 2.40. The first-order chi connectivity index (χ1) is 9.38. The number of benzene rings is 2. The molecule has 0 heterocycles. The maximum absolute atomic E-state index is 5.90. The van der Waals surface area contributed by atoms with Gasteiger partial charge in [0.25, 0.3) is 0 Å². The second-order valence-electron chi connectivity index (χ2n) is 4.69. The number of hydrogen-bond donors (Lipinski definition) is 0. The van der Waals surface area contributed by atoms with Crippen molar-refractivity contribution < 1.29 is 0 Å². The highest BCUT2D eigenvalue weighted by Crippen LogP contribution is 2.07. The molecule has 0 saturated heterocycles. The number of rotatable bonds is 7. The highest BCUT2D eigenvalue weighted by Gasteiger charge is 2.05. The molecule has 0 aliphatic carbocycles. The molecule has 0 bridgehead atoms. The van der Waals surface area contributed by atoms with Crippen molar-refractivity contribution in [2.75, 3.05) is 19.0 Å². The minimum absolute atomic E-state index is 0. The molecular formula is C17H21Cl2N. The van der Waals surface area contributed by atoms with Gasteiger partial charge in [-0.15, -0.1) is 24.0 Å². The summed E-state index contributed by atoms with van der Waals surface area (Å²) >= 11 is 5.90. The first kappa shape index (κ1) is 17.0. The summed E-state index contributed by atoms with van der Waals surface area (Å²) in [5.74, 6) is 0.682. The molecule has 0 unspecified atom stereocenters. The van der Waals surface area contributed by atoms with Crippen molar-refractivity contribution in [2.24, 2.45) is 0 Å². The van der Waals surface area contributed by atoms with Crippen molar-refractivity contribution in [1.82, 2.24) is 4.90 Å². The molecule has 0 N–H and O–H groups in total. The summed E-state index contributed by atoms with van der Waals surface area (Å²) in [5, 5.41) is 0. The smallest absolute Gasteiger partial charge is 0.0351 e. The van der Waals surface area contributed by atoms with Gasteiger partial charge in [0.05, 0.1) is 0 Å². The minimum atomic E-state index is 0. The molecule has 108 valence electrons. The lowest BCUT2D eigenvalue weighted by molar-refractivity contribution is 0.285. The Labute approximate surface area is 133 Å². The van der Waals surface area contributed by atoms with Gasteiger partial charge < -0.3 is 0 Å². The molecule has 0 amide bonds. The predicted octanol–water partition coefficient (Wildman–Crippen LogP) is 4.39. The summed E-state index contributed by atoms with van der Waals surface area (Å²) in [7, 11) is 0. The van der Waals surface area contributed by atoms with Crippen molar-refractivity contribution >= 4 is 24.0 Å². The Balaban J connectivity index is 0.00000200. The zero-order valence-electron chi connectivity index (χ0n) is 11.5. The van der Waals surface area contributed by atoms with Gasteiger partial charge in [-0.05, 0) is 17.5 Å². The molecule has 0 aliphatic heterocycles. The predicted molar refractivity (Wildman–Crippen MR) is 89.8 cm³/mol. The third-order valence-corrected chi connectivity index (χ3v) is 3.38. The molecule has 0 saturated carbocycles. The quantitative estimate of drug-likeness (QED) is 0.686. The van der Waals surface area contributed by atoms with E-state index in [0.717, 1.165) is 26.1 Å². The third kappa shape index (κ3) is 5.96. The van der Waals surface area contributed by atoms with Crippen LogP contribution in [0.25, 0.3) is 0 Å². The molecule has 0 radical (unpaired) electrons. The monoisotopic (exact) mass is 309 g/mol. The van der Waals surface area contributed by atoms with Crippen molar-refractivity contribution in [3.63, 3.8) is 0 Å². The van der Waals surface area contributed by atoms with E-state index in [4.69, 9.17) is 11.6 Å². The summed E-state index contributed by atoms with van der Waals surface area (Å²) in [6.07, 6.45) is 1.07. The Kier molecular flexibility index (Phi) is 8.36. The molecule has 2 aromatic carbocycles. The van der Waals surface area contributed by atoms with Crippen LogP contribution in [0.5, 0.6) is 0 Å². The summed E-state index contributed by atoms with van der Waals surface area (Å²) in [6.45, 7) is 2.95. The second kappa shape index (κ2) is 9.82. The van der Waals surface area contributed by atoms with Crippen LogP contribution in [0.1, 0.15) is 11.1 Å². The van der Waals surface area contributed by atoms with Crippen LogP contribution < -0.4 is 0 Å². The Hall–Kier alpha value is -1.02. The van der Waals surface area contributed by atoms with Gasteiger partial charge in [0.15, 0.2) is 0 Å². The average molecular weight is 310 g/mol. The molecular weight excluding hydrogens is 289 g/mol. The Morgan fingerprint density at radius 1 is 0.750 bits per heavy atom. The number of alkyl halides is 1. The summed E-state index contributed by atoms with van der Waals surface area (Å²) in [5.41, 5.74) is 2.73. The molecule has 2 rings (SSSR count). The molecule has 0 aromatic heterocycles. The molecule has 2 aromatic rings. The third-order valence-electron chi connectivity index (χ3n) is 3.21. The van der Waals surface area contributed by atoms with Crippen molar-refractivity contribution in [3.8, 4) is 0 Å². The molecule has 0 fully saturated rings. The molecule has 0 aliphatic rings. The molecule has 3 heteroatoms. The Bertz CT molecular complexity index is 459.